The molecule has 17 heavy (non-hydrogen) atoms. The predicted octanol–water partition coefficient (Wildman–Crippen LogP) is 1.90. The minimum absolute atomic E-state index is 0.502. The number of nitrogens with zero attached hydrogens (tertiary/aromatic N) is 2. The summed E-state index contributed by atoms with van der Waals surface area (Å²) in [6, 6.07) is 0. The van der Waals surface area contributed by atoms with Gasteiger partial charge in [-0.25, -0.2) is 15.8 Å². The van der Waals surface area contributed by atoms with Crippen molar-refractivity contribution in [2.45, 2.75) is 46.6 Å². The number of ether oxygens (including phenoxy) is 1. The summed E-state index contributed by atoms with van der Waals surface area (Å²) in [6.07, 6.45) is 0.845. The summed E-state index contributed by atoms with van der Waals surface area (Å²) in [4.78, 5) is 8.98. The molecule has 0 bridgehead atoms. The number of hydrazine groups is 1. The Bertz CT molecular complexity index is 365. The topological polar surface area (TPSA) is 73.1 Å². The average Bonchev–Trinajstić information content (AvgIpc) is 2.29. The van der Waals surface area contributed by atoms with E-state index in [2.05, 4.69) is 22.3 Å². The highest BCUT2D eigenvalue weighted by Gasteiger charge is 2.26. The minimum Gasteiger partial charge on any atom is -0.368 e. The lowest BCUT2D eigenvalue weighted by Gasteiger charge is -2.24. The number of anilines is 1. The summed E-state index contributed by atoms with van der Waals surface area (Å²) < 4.78 is 5.66. The van der Waals surface area contributed by atoms with Crippen LogP contribution in [0.25, 0.3) is 0 Å². The molecule has 5 nitrogen and oxygen atoms in total. The molecule has 0 saturated carbocycles. The summed E-state index contributed by atoms with van der Waals surface area (Å²) in [5.41, 5.74) is 4.10. The number of nitrogen functional groups attached to an aromatic ring is 1. The van der Waals surface area contributed by atoms with Crippen LogP contribution in [0.2, 0.25) is 0 Å². The number of nitrogens with one attached hydrogen (secondary N) is 1. The maximum absolute atomic E-state index is 5.66. The SMILES string of the molecule is CCOC(C)(C)c1nc(CC)c(C)c(NN)n1. The quantitative estimate of drug-likeness (QED) is 0.605. The van der Waals surface area contributed by atoms with Crippen LogP contribution in [0.4, 0.5) is 5.82 Å². The highest BCUT2D eigenvalue weighted by Crippen LogP contribution is 2.25. The zero-order chi connectivity index (χ0) is 13.1. The summed E-state index contributed by atoms with van der Waals surface area (Å²) >= 11 is 0. The van der Waals surface area contributed by atoms with E-state index in [1.807, 2.05) is 27.7 Å². The largest absolute Gasteiger partial charge is 0.368 e. The molecule has 1 rings (SSSR count). The maximum Gasteiger partial charge on any atom is 0.162 e. The third-order valence-corrected chi connectivity index (χ3v) is 2.76. The van der Waals surface area contributed by atoms with Gasteiger partial charge in [-0.2, -0.15) is 0 Å². The van der Waals surface area contributed by atoms with Gasteiger partial charge in [0.15, 0.2) is 5.82 Å². The Morgan fingerprint density at radius 2 is 1.94 bits per heavy atom. The van der Waals surface area contributed by atoms with E-state index < -0.39 is 5.60 Å². The average molecular weight is 238 g/mol. The lowest BCUT2D eigenvalue weighted by atomic mass is 10.1. The molecule has 0 aliphatic heterocycles. The zero-order valence-corrected chi connectivity index (χ0v) is 11.3. The first-order valence-electron chi connectivity index (χ1n) is 5.94. The van der Waals surface area contributed by atoms with E-state index in [1.54, 1.807) is 0 Å². The molecule has 0 aliphatic carbocycles. The molecule has 5 heteroatoms. The molecular formula is C12H22N4O. The number of aromatic nitrogens is 2. The van der Waals surface area contributed by atoms with Gasteiger partial charge >= 0.3 is 0 Å². The Labute approximate surface area is 103 Å². The van der Waals surface area contributed by atoms with Gasteiger partial charge in [0.2, 0.25) is 0 Å². The van der Waals surface area contributed by atoms with Crippen molar-refractivity contribution in [2.24, 2.45) is 5.84 Å². The van der Waals surface area contributed by atoms with Gasteiger partial charge in [-0.15, -0.1) is 0 Å². The van der Waals surface area contributed by atoms with Gasteiger partial charge in [-0.1, -0.05) is 6.92 Å². The Hall–Kier alpha value is -1.20. The van der Waals surface area contributed by atoms with Crippen LogP contribution in [0.1, 0.15) is 44.8 Å². The second kappa shape index (κ2) is 5.42. The highest BCUT2D eigenvalue weighted by atomic mass is 16.5. The van der Waals surface area contributed by atoms with Gasteiger partial charge in [-0.3, -0.25) is 0 Å². The lowest BCUT2D eigenvalue weighted by Crippen LogP contribution is -2.27. The molecule has 0 aliphatic rings. The molecule has 96 valence electrons. The van der Waals surface area contributed by atoms with Gasteiger partial charge in [0.1, 0.15) is 11.4 Å². The predicted molar refractivity (Wildman–Crippen MR) is 68.6 cm³/mol. The van der Waals surface area contributed by atoms with E-state index >= 15 is 0 Å². The van der Waals surface area contributed by atoms with Crippen molar-refractivity contribution in [3.63, 3.8) is 0 Å². The molecule has 0 unspecified atom stereocenters. The second-order valence-corrected chi connectivity index (χ2v) is 4.41. The Kier molecular flexibility index (Phi) is 4.42. The van der Waals surface area contributed by atoms with Crippen LogP contribution in [0.5, 0.6) is 0 Å². The molecule has 1 aromatic heterocycles. The third-order valence-electron chi connectivity index (χ3n) is 2.76. The van der Waals surface area contributed by atoms with Crippen molar-refractivity contribution in [1.29, 1.82) is 0 Å². The lowest BCUT2D eigenvalue weighted by molar-refractivity contribution is -0.0208. The molecule has 1 heterocycles. The van der Waals surface area contributed by atoms with Crippen molar-refractivity contribution in [1.82, 2.24) is 9.97 Å². The van der Waals surface area contributed by atoms with Crippen molar-refractivity contribution in [3.8, 4) is 0 Å². The standard InChI is InChI=1S/C12H22N4O/c1-6-9-8(3)10(16-13)15-11(14-9)12(4,5)17-7-2/h6-7,13H2,1-5H3,(H,14,15,16). The van der Waals surface area contributed by atoms with Gasteiger partial charge in [0.25, 0.3) is 0 Å². The smallest absolute Gasteiger partial charge is 0.162 e. The second-order valence-electron chi connectivity index (χ2n) is 4.41. The van der Waals surface area contributed by atoms with Gasteiger partial charge < -0.3 is 10.2 Å². The van der Waals surface area contributed by atoms with E-state index in [0.29, 0.717) is 18.2 Å². The maximum atomic E-state index is 5.66. The van der Waals surface area contributed by atoms with Gasteiger partial charge in [0, 0.05) is 17.9 Å². The van der Waals surface area contributed by atoms with Crippen LogP contribution < -0.4 is 11.3 Å². The molecule has 0 saturated heterocycles. The number of hydrogen-bond acceptors (Lipinski definition) is 5. The third kappa shape index (κ3) is 2.92. The van der Waals surface area contributed by atoms with Gasteiger partial charge in [0.05, 0.1) is 0 Å². The van der Waals surface area contributed by atoms with Crippen molar-refractivity contribution in [2.75, 3.05) is 12.0 Å². The molecule has 0 spiro atoms. The molecule has 1 aromatic rings. The van der Waals surface area contributed by atoms with Crippen molar-refractivity contribution < 1.29 is 4.74 Å². The Morgan fingerprint density at radius 3 is 2.41 bits per heavy atom. The van der Waals surface area contributed by atoms with Crippen LogP contribution >= 0.6 is 0 Å². The summed E-state index contributed by atoms with van der Waals surface area (Å²) in [5, 5.41) is 0. The van der Waals surface area contributed by atoms with E-state index in [0.717, 1.165) is 17.7 Å². The first kappa shape index (κ1) is 13.9. The number of nitrogens with two attached hydrogens (primary N) is 1. The molecule has 3 N–H and O–H groups in total. The zero-order valence-electron chi connectivity index (χ0n) is 11.3. The molecule has 0 atom stereocenters. The number of rotatable bonds is 5. The normalized spacial score (nSPS) is 11.6. The van der Waals surface area contributed by atoms with Crippen LogP contribution in [0, 0.1) is 6.92 Å². The molecule has 0 aromatic carbocycles. The van der Waals surface area contributed by atoms with E-state index in [4.69, 9.17) is 10.6 Å². The summed E-state index contributed by atoms with van der Waals surface area (Å²) in [7, 11) is 0. The fourth-order valence-corrected chi connectivity index (χ4v) is 1.74. The van der Waals surface area contributed by atoms with E-state index in [-0.39, 0.29) is 0 Å². The number of hydrogen-bond donors (Lipinski definition) is 2. The van der Waals surface area contributed by atoms with E-state index in [9.17, 15) is 0 Å². The molecular weight excluding hydrogens is 216 g/mol. The fraction of sp³-hybridized carbons (Fsp3) is 0.667. The van der Waals surface area contributed by atoms with Crippen LogP contribution in [0.3, 0.4) is 0 Å². The Morgan fingerprint density at radius 1 is 1.29 bits per heavy atom. The first-order chi connectivity index (χ1) is 7.96. The molecule has 0 amide bonds. The van der Waals surface area contributed by atoms with Gasteiger partial charge in [-0.05, 0) is 34.1 Å². The summed E-state index contributed by atoms with van der Waals surface area (Å²) in [5.74, 6) is 6.81. The van der Waals surface area contributed by atoms with Crippen molar-refractivity contribution in [3.05, 3.63) is 17.1 Å². The van der Waals surface area contributed by atoms with E-state index in [1.165, 1.54) is 0 Å². The van der Waals surface area contributed by atoms with Crippen LogP contribution in [-0.4, -0.2) is 16.6 Å². The first-order valence-corrected chi connectivity index (χ1v) is 5.94. The molecule has 0 radical (unpaired) electrons. The fourth-order valence-electron chi connectivity index (χ4n) is 1.74. The van der Waals surface area contributed by atoms with Crippen LogP contribution in [0.15, 0.2) is 0 Å². The molecule has 0 fully saturated rings. The Balaban J connectivity index is 3.26. The summed E-state index contributed by atoms with van der Waals surface area (Å²) in [6.45, 7) is 10.5. The minimum atomic E-state index is -0.502. The van der Waals surface area contributed by atoms with Crippen LogP contribution in [-0.2, 0) is 16.8 Å². The monoisotopic (exact) mass is 238 g/mol. The highest BCUT2D eigenvalue weighted by molar-refractivity contribution is 5.45. The van der Waals surface area contributed by atoms with Crippen molar-refractivity contribution >= 4 is 5.82 Å². The number of aryl methyl sites for hydroxylation is 1.